The van der Waals surface area contributed by atoms with E-state index in [-0.39, 0.29) is 11.3 Å². The molecular weight excluding hydrogens is 278 g/mol. The summed E-state index contributed by atoms with van der Waals surface area (Å²) in [7, 11) is 4.94. The summed E-state index contributed by atoms with van der Waals surface area (Å²) in [6.45, 7) is 0. The van der Waals surface area contributed by atoms with Crippen molar-refractivity contribution in [3.63, 3.8) is 0 Å². The van der Waals surface area contributed by atoms with E-state index in [0.29, 0.717) is 12.2 Å². The first-order valence-electron chi connectivity index (χ1n) is 7.26. The van der Waals surface area contributed by atoms with Crippen molar-refractivity contribution in [1.82, 2.24) is 0 Å². The fourth-order valence-electron chi connectivity index (χ4n) is 3.60. The van der Waals surface area contributed by atoms with Gasteiger partial charge in [0.1, 0.15) is 5.76 Å². The Morgan fingerprint density at radius 3 is 2.55 bits per heavy atom. The number of allylic oxidation sites excluding steroid dienone is 3. The fourth-order valence-corrected chi connectivity index (χ4v) is 3.60. The lowest BCUT2D eigenvalue weighted by atomic mass is 9.70. The van der Waals surface area contributed by atoms with Crippen LogP contribution in [0, 0.1) is 17.2 Å². The van der Waals surface area contributed by atoms with Crippen molar-refractivity contribution in [3.8, 4) is 17.6 Å². The SMILES string of the molecule is COC1=C[C@H]2Cc3cc(OC)c(OC)cc3[C@@]2(CC#N)C=C1. The molecule has 0 radical (unpaired) electrons. The molecule has 114 valence electrons. The van der Waals surface area contributed by atoms with Gasteiger partial charge in [0.25, 0.3) is 0 Å². The van der Waals surface area contributed by atoms with Gasteiger partial charge >= 0.3 is 0 Å². The molecule has 0 N–H and O–H groups in total. The van der Waals surface area contributed by atoms with Crippen LogP contribution in [0.5, 0.6) is 11.5 Å². The molecule has 0 unspecified atom stereocenters. The molecule has 3 rings (SSSR count). The monoisotopic (exact) mass is 297 g/mol. The Hall–Kier alpha value is -2.41. The topological polar surface area (TPSA) is 51.5 Å². The normalized spacial score (nSPS) is 24.8. The van der Waals surface area contributed by atoms with Gasteiger partial charge in [-0.25, -0.2) is 0 Å². The van der Waals surface area contributed by atoms with Gasteiger partial charge in [0.15, 0.2) is 11.5 Å². The molecule has 0 aromatic heterocycles. The molecule has 4 heteroatoms. The molecule has 2 aliphatic carbocycles. The summed E-state index contributed by atoms with van der Waals surface area (Å²) in [4.78, 5) is 0. The predicted molar refractivity (Wildman–Crippen MR) is 82.9 cm³/mol. The quantitative estimate of drug-likeness (QED) is 0.856. The minimum absolute atomic E-state index is 0.221. The second-order valence-corrected chi connectivity index (χ2v) is 5.66. The molecule has 1 aromatic rings. The van der Waals surface area contributed by atoms with Crippen LogP contribution in [0.3, 0.4) is 0 Å². The van der Waals surface area contributed by atoms with Gasteiger partial charge in [0, 0.05) is 11.8 Å². The molecule has 0 bridgehead atoms. The van der Waals surface area contributed by atoms with Gasteiger partial charge in [0.05, 0.1) is 27.4 Å². The van der Waals surface area contributed by atoms with Crippen LogP contribution in [0.2, 0.25) is 0 Å². The molecular formula is C18H19NO3. The van der Waals surface area contributed by atoms with Crippen LogP contribution < -0.4 is 9.47 Å². The third-order valence-electron chi connectivity index (χ3n) is 4.73. The number of hydrogen-bond donors (Lipinski definition) is 0. The molecule has 4 nitrogen and oxygen atoms in total. The molecule has 2 aliphatic rings. The second kappa shape index (κ2) is 5.42. The van der Waals surface area contributed by atoms with E-state index in [9.17, 15) is 5.26 Å². The second-order valence-electron chi connectivity index (χ2n) is 5.66. The largest absolute Gasteiger partial charge is 0.497 e. The summed E-state index contributed by atoms with van der Waals surface area (Å²) in [5.41, 5.74) is 2.06. The zero-order valence-electron chi connectivity index (χ0n) is 13.1. The van der Waals surface area contributed by atoms with Crippen molar-refractivity contribution in [2.24, 2.45) is 5.92 Å². The Kier molecular flexibility index (Phi) is 3.58. The molecule has 1 aromatic carbocycles. The summed E-state index contributed by atoms with van der Waals surface area (Å²) in [6, 6.07) is 6.39. The summed E-state index contributed by atoms with van der Waals surface area (Å²) >= 11 is 0. The summed E-state index contributed by atoms with van der Waals surface area (Å²) in [6.07, 6.45) is 7.49. The number of ether oxygens (including phenoxy) is 3. The number of benzene rings is 1. The zero-order chi connectivity index (χ0) is 15.7. The van der Waals surface area contributed by atoms with Crippen molar-refractivity contribution in [1.29, 1.82) is 5.26 Å². The highest BCUT2D eigenvalue weighted by Crippen LogP contribution is 2.52. The molecule has 0 amide bonds. The first-order valence-corrected chi connectivity index (χ1v) is 7.26. The Morgan fingerprint density at radius 2 is 1.91 bits per heavy atom. The predicted octanol–water partition coefficient (Wildman–Crippen LogP) is 3.13. The van der Waals surface area contributed by atoms with Crippen molar-refractivity contribution in [2.45, 2.75) is 18.3 Å². The van der Waals surface area contributed by atoms with Crippen molar-refractivity contribution >= 4 is 0 Å². The first-order chi connectivity index (χ1) is 10.7. The third-order valence-corrected chi connectivity index (χ3v) is 4.73. The Balaban J connectivity index is 2.16. The first kappa shape index (κ1) is 14.5. The maximum atomic E-state index is 9.34. The van der Waals surface area contributed by atoms with Crippen LogP contribution in [0.4, 0.5) is 0 Å². The van der Waals surface area contributed by atoms with Crippen LogP contribution in [0.25, 0.3) is 0 Å². The number of rotatable bonds is 4. The van der Waals surface area contributed by atoms with Crippen LogP contribution in [0.1, 0.15) is 17.5 Å². The van der Waals surface area contributed by atoms with Gasteiger partial charge < -0.3 is 14.2 Å². The number of nitrogens with zero attached hydrogens (tertiary/aromatic N) is 1. The van der Waals surface area contributed by atoms with Crippen molar-refractivity contribution in [2.75, 3.05) is 21.3 Å². The highest BCUT2D eigenvalue weighted by Gasteiger charge is 2.46. The highest BCUT2D eigenvalue weighted by molar-refractivity contribution is 5.57. The van der Waals surface area contributed by atoms with Crippen LogP contribution in [-0.4, -0.2) is 21.3 Å². The standard InChI is InChI=1S/C18H19NO3/c1-20-14-4-5-18(6-7-19)13(10-14)8-12-9-16(21-2)17(22-3)11-15(12)18/h4-5,9-11,13H,6,8H2,1-3H3/t13-,18-/m1/s1. The van der Waals surface area contributed by atoms with Gasteiger partial charge in [-0.2, -0.15) is 5.26 Å². The van der Waals surface area contributed by atoms with E-state index in [4.69, 9.17) is 14.2 Å². The fraction of sp³-hybridized carbons (Fsp3) is 0.389. The minimum Gasteiger partial charge on any atom is -0.497 e. The molecule has 0 saturated carbocycles. The van der Waals surface area contributed by atoms with Gasteiger partial charge in [-0.1, -0.05) is 6.08 Å². The van der Waals surface area contributed by atoms with E-state index >= 15 is 0 Å². The third kappa shape index (κ3) is 1.97. The zero-order valence-corrected chi connectivity index (χ0v) is 13.1. The Bertz CT molecular complexity index is 699. The molecule has 0 heterocycles. The average molecular weight is 297 g/mol. The van der Waals surface area contributed by atoms with E-state index in [0.717, 1.165) is 23.5 Å². The Morgan fingerprint density at radius 1 is 1.18 bits per heavy atom. The van der Waals surface area contributed by atoms with E-state index in [1.807, 2.05) is 18.2 Å². The van der Waals surface area contributed by atoms with Gasteiger partial charge in [0.2, 0.25) is 0 Å². The smallest absolute Gasteiger partial charge is 0.161 e. The minimum atomic E-state index is -0.300. The van der Waals surface area contributed by atoms with Crippen molar-refractivity contribution in [3.05, 3.63) is 47.2 Å². The maximum Gasteiger partial charge on any atom is 0.161 e. The highest BCUT2D eigenvalue weighted by atomic mass is 16.5. The molecule has 0 saturated heterocycles. The number of methoxy groups -OCH3 is 3. The van der Waals surface area contributed by atoms with Crippen molar-refractivity contribution < 1.29 is 14.2 Å². The van der Waals surface area contributed by atoms with Gasteiger partial charge in [-0.15, -0.1) is 0 Å². The lowest BCUT2D eigenvalue weighted by Gasteiger charge is -2.33. The summed E-state index contributed by atoms with van der Waals surface area (Å²) in [5, 5.41) is 9.34. The van der Waals surface area contributed by atoms with E-state index < -0.39 is 0 Å². The van der Waals surface area contributed by atoms with E-state index in [1.54, 1.807) is 21.3 Å². The summed E-state index contributed by atoms with van der Waals surface area (Å²) in [5.74, 6) is 2.50. The molecule has 2 atom stereocenters. The van der Waals surface area contributed by atoms with Crippen LogP contribution in [-0.2, 0) is 16.6 Å². The van der Waals surface area contributed by atoms with Gasteiger partial charge in [-0.3, -0.25) is 0 Å². The maximum absolute atomic E-state index is 9.34. The molecule has 0 spiro atoms. The lowest BCUT2D eigenvalue weighted by Crippen LogP contribution is -2.30. The van der Waals surface area contributed by atoms with E-state index in [1.165, 1.54) is 5.56 Å². The van der Waals surface area contributed by atoms with Crippen LogP contribution in [0.15, 0.2) is 36.1 Å². The lowest BCUT2D eigenvalue weighted by molar-refractivity contribution is 0.289. The van der Waals surface area contributed by atoms with E-state index in [2.05, 4.69) is 18.2 Å². The van der Waals surface area contributed by atoms with Gasteiger partial charge in [-0.05, 0) is 47.8 Å². The Labute approximate surface area is 130 Å². The molecule has 0 fully saturated rings. The number of nitriles is 1. The summed E-state index contributed by atoms with van der Waals surface area (Å²) < 4.78 is 16.2. The number of hydrogen-bond acceptors (Lipinski definition) is 4. The number of fused-ring (bicyclic) bond motifs is 3. The average Bonchev–Trinajstić information content (AvgIpc) is 2.86. The molecule has 22 heavy (non-hydrogen) atoms. The molecule has 0 aliphatic heterocycles. The van der Waals surface area contributed by atoms with Crippen LogP contribution >= 0.6 is 0 Å².